The molecule has 0 unspecified atom stereocenters. The van der Waals surface area contributed by atoms with Crippen molar-refractivity contribution in [3.05, 3.63) is 48.0 Å². The Bertz CT molecular complexity index is 760. The number of benzene rings is 1. The van der Waals surface area contributed by atoms with Crippen LogP contribution < -0.4 is 10.6 Å². The quantitative estimate of drug-likeness (QED) is 0.533. The highest BCUT2D eigenvalue weighted by atomic mass is 32.2. The lowest BCUT2D eigenvalue weighted by molar-refractivity contribution is -0.116. The molecule has 0 saturated heterocycles. The number of hydrogen-bond acceptors (Lipinski definition) is 6. The Kier molecular flexibility index (Phi) is 9.07. The number of hydrogen-bond donors (Lipinski definition) is 2. The molecule has 0 spiro atoms. The van der Waals surface area contributed by atoms with Gasteiger partial charge in [0.1, 0.15) is 0 Å². The van der Waals surface area contributed by atoms with E-state index in [1.54, 1.807) is 6.92 Å². The zero-order valence-electron chi connectivity index (χ0n) is 15.5. The first-order valence-electron chi connectivity index (χ1n) is 8.90. The first kappa shape index (κ1) is 21.2. The highest BCUT2D eigenvalue weighted by Crippen LogP contribution is 2.24. The maximum atomic E-state index is 12.0. The van der Waals surface area contributed by atoms with Crippen LogP contribution in [0, 0.1) is 0 Å². The molecule has 0 radical (unpaired) electrons. The third-order valence-corrected chi connectivity index (χ3v) is 5.38. The van der Waals surface area contributed by atoms with Gasteiger partial charge in [-0.15, -0.1) is 11.3 Å². The van der Waals surface area contributed by atoms with Gasteiger partial charge in [0.05, 0.1) is 5.69 Å². The van der Waals surface area contributed by atoms with E-state index in [4.69, 9.17) is 0 Å². The van der Waals surface area contributed by atoms with Gasteiger partial charge in [0.15, 0.2) is 10.2 Å². The Balaban J connectivity index is 1.58. The molecule has 0 fully saturated rings. The van der Waals surface area contributed by atoms with Crippen molar-refractivity contribution in [2.75, 3.05) is 17.6 Å². The van der Waals surface area contributed by atoms with Gasteiger partial charge in [0.2, 0.25) is 5.91 Å². The highest BCUT2D eigenvalue weighted by Gasteiger charge is 2.07. The smallest absolute Gasteiger partial charge is 0.226 e. The predicted molar refractivity (Wildman–Crippen MR) is 115 cm³/mol. The Morgan fingerprint density at radius 1 is 1.19 bits per heavy atom. The molecule has 2 rings (SSSR count). The summed E-state index contributed by atoms with van der Waals surface area (Å²) >= 11 is 2.69. The van der Waals surface area contributed by atoms with E-state index < -0.39 is 0 Å². The van der Waals surface area contributed by atoms with Crippen LogP contribution in [0.3, 0.4) is 0 Å². The fourth-order valence-electron chi connectivity index (χ4n) is 2.35. The second kappa shape index (κ2) is 11.6. The summed E-state index contributed by atoms with van der Waals surface area (Å²) in [6, 6.07) is 9.91. The molecule has 0 aliphatic carbocycles. The maximum absolute atomic E-state index is 12.0. The Hall–Kier alpha value is -2.12. The van der Waals surface area contributed by atoms with Crippen molar-refractivity contribution in [2.45, 2.75) is 32.6 Å². The van der Waals surface area contributed by atoms with Gasteiger partial charge in [-0.2, -0.15) is 0 Å². The highest BCUT2D eigenvalue weighted by molar-refractivity contribution is 8.13. The van der Waals surface area contributed by atoms with Gasteiger partial charge >= 0.3 is 0 Å². The van der Waals surface area contributed by atoms with Crippen LogP contribution in [0.5, 0.6) is 0 Å². The van der Waals surface area contributed by atoms with Gasteiger partial charge in [0.25, 0.3) is 0 Å². The third kappa shape index (κ3) is 8.41. The normalized spacial score (nSPS) is 10.4. The van der Waals surface area contributed by atoms with E-state index in [0.717, 1.165) is 42.8 Å². The molecule has 0 saturated carbocycles. The number of unbranched alkanes of at least 4 members (excludes halogenated alkanes) is 2. The monoisotopic (exact) mass is 403 g/mol. The van der Waals surface area contributed by atoms with Crippen molar-refractivity contribution in [2.24, 2.45) is 0 Å². The van der Waals surface area contributed by atoms with Gasteiger partial charge in [0, 0.05) is 42.3 Å². The van der Waals surface area contributed by atoms with Crippen LogP contribution in [-0.4, -0.2) is 28.3 Å². The summed E-state index contributed by atoms with van der Waals surface area (Å²) in [4.78, 5) is 27.4. The van der Waals surface area contributed by atoms with Gasteiger partial charge in [-0.25, -0.2) is 4.98 Å². The molecule has 0 atom stereocenters. The van der Waals surface area contributed by atoms with Gasteiger partial charge in [-0.05, 0) is 12.8 Å². The number of nitrogens with one attached hydrogen (secondary N) is 2. The lowest BCUT2D eigenvalue weighted by Gasteiger charge is -2.08. The largest absolute Gasteiger partial charge is 0.388 e. The second-order valence-corrected chi connectivity index (χ2v) is 8.08. The molecule has 2 N–H and O–H groups in total. The molecule has 0 aliphatic rings. The summed E-state index contributed by atoms with van der Waals surface area (Å²) in [6.45, 7) is 6.25. The molecule has 0 bridgehead atoms. The number of carbonyl (C=O) groups is 2. The molecule has 1 heterocycles. The van der Waals surface area contributed by atoms with Crippen molar-refractivity contribution >= 4 is 39.3 Å². The van der Waals surface area contributed by atoms with Crippen molar-refractivity contribution in [3.63, 3.8) is 0 Å². The molecular weight excluding hydrogens is 378 g/mol. The van der Waals surface area contributed by atoms with Crippen LogP contribution in [0.4, 0.5) is 5.13 Å². The number of carbonyl (C=O) groups excluding carboxylic acids is 2. The standard InChI is InChI=1S/C20H25N3O2S2/c1-15(13-26-16(2)24)21-12-8-4-7-11-19(25)23-20-22-18(14-27-20)17-9-5-3-6-10-17/h3,5-6,9-10,14,21H,1,4,7-8,11-13H2,2H3,(H,22,23,25). The second-order valence-electron chi connectivity index (χ2n) is 6.07. The van der Waals surface area contributed by atoms with Gasteiger partial charge < -0.3 is 10.6 Å². The summed E-state index contributed by atoms with van der Waals surface area (Å²) in [5.74, 6) is 0.607. The molecule has 1 amide bonds. The zero-order chi connectivity index (χ0) is 19.5. The maximum Gasteiger partial charge on any atom is 0.226 e. The van der Waals surface area contributed by atoms with Crippen LogP contribution in [0.15, 0.2) is 48.0 Å². The van der Waals surface area contributed by atoms with E-state index in [-0.39, 0.29) is 11.0 Å². The van der Waals surface area contributed by atoms with Crippen LogP contribution in [0.25, 0.3) is 11.3 Å². The third-order valence-electron chi connectivity index (χ3n) is 3.73. The summed E-state index contributed by atoms with van der Waals surface area (Å²) in [7, 11) is 0. The molecule has 2 aromatic rings. The van der Waals surface area contributed by atoms with Crippen molar-refractivity contribution < 1.29 is 9.59 Å². The SMILES string of the molecule is C=C(CSC(C)=O)NCCCCCC(=O)Nc1nc(-c2ccccc2)cs1. The van der Waals surface area contributed by atoms with Crippen LogP contribution in [0.2, 0.25) is 0 Å². The molecule has 1 aromatic heterocycles. The van der Waals surface area contributed by atoms with E-state index in [1.165, 1.54) is 23.1 Å². The van der Waals surface area contributed by atoms with Crippen LogP contribution in [-0.2, 0) is 9.59 Å². The van der Waals surface area contributed by atoms with Gasteiger partial charge in [-0.3, -0.25) is 9.59 Å². The summed E-state index contributed by atoms with van der Waals surface area (Å²) in [6.07, 6.45) is 3.24. The fraction of sp³-hybridized carbons (Fsp3) is 0.350. The fourth-order valence-corrected chi connectivity index (χ4v) is 3.56. The minimum absolute atomic E-state index is 0.000751. The average Bonchev–Trinajstić information content (AvgIpc) is 3.12. The molecule has 0 aliphatic heterocycles. The van der Waals surface area contributed by atoms with Crippen LogP contribution >= 0.6 is 23.1 Å². The molecule has 27 heavy (non-hydrogen) atoms. The van der Waals surface area contributed by atoms with Crippen molar-refractivity contribution in [3.8, 4) is 11.3 Å². The van der Waals surface area contributed by atoms with Gasteiger partial charge in [-0.1, -0.05) is 55.1 Å². The predicted octanol–water partition coefficient (Wildman–Crippen LogP) is 4.69. The minimum Gasteiger partial charge on any atom is -0.388 e. The van der Waals surface area contributed by atoms with E-state index in [2.05, 4.69) is 22.2 Å². The van der Waals surface area contributed by atoms with Crippen molar-refractivity contribution in [1.29, 1.82) is 0 Å². The Morgan fingerprint density at radius 2 is 1.96 bits per heavy atom. The van der Waals surface area contributed by atoms with E-state index in [0.29, 0.717) is 17.3 Å². The Morgan fingerprint density at radius 3 is 2.70 bits per heavy atom. The van der Waals surface area contributed by atoms with Crippen LogP contribution in [0.1, 0.15) is 32.6 Å². The average molecular weight is 404 g/mol. The first-order valence-corrected chi connectivity index (χ1v) is 10.8. The summed E-state index contributed by atoms with van der Waals surface area (Å²) < 4.78 is 0. The number of thiazole rings is 1. The molecule has 144 valence electrons. The van der Waals surface area contributed by atoms with E-state index in [9.17, 15) is 9.59 Å². The Labute approximate surface area is 168 Å². The van der Waals surface area contributed by atoms with E-state index in [1.807, 2.05) is 35.7 Å². The lowest BCUT2D eigenvalue weighted by Crippen LogP contribution is -2.16. The molecule has 1 aromatic carbocycles. The number of anilines is 1. The minimum atomic E-state index is -0.000751. The number of nitrogens with zero attached hydrogens (tertiary/aromatic N) is 1. The molecular formula is C20H25N3O2S2. The first-order chi connectivity index (χ1) is 13.0. The number of aromatic nitrogens is 1. The van der Waals surface area contributed by atoms with Crippen molar-refractivity contribution in [1.82, 2.24) is 10.3 Å². The number of thioether (sulfide) groups is 1. The summed E-state index contributed by atoms with van der Waals surface area (Å²) in [5.41, 5.74) is 2.79. The summed E-state index contributed by atoms with van der Waals surface area (Å²) in [5, 5.41) is 8.77. The van der Waals surface area contributed by atoms with E-state index >= 15 is 0 Å². The topological polar surface area (TPSA) is 71.1 Å². The zero-order valence-corrected chi connectivity index (χ0v) is 17.1. The molecule has 5 nitrogen and oxygen atoms in total. The lowest BCUT2D eigenvalue weighted by atomic mass is 10.2. The number of rotatable bonds is 11. The number of amides is 1. The molecule has 7 heteroatoms.